The van der Waals surface area contributed by atoms with Crippen molar-refractivity contribution >= 4 is 21.4 Å². The summed E-state index contributed by atoms with van der Waals surface area (Å²) in [7, 11) is -3.38. The Bertz CT molecular complexity index is 1170. The highest BCUT2D eigenvalue weighted by molar-refractivity contribution is 7.92. The van der Waals surface area contributed by atoms with Crippen molar-refractivity contribution in [1.29, 1.82) is 0 Å². The van der Waals surface area contributed by atoms with E-state index in [0.29, 0.717) is 41.6 Å². The summed E-state index contributed by atoms with van der Waals surface area (Å²) in [5.41, 5.74) is 0.865. The van der Waals surface area contributed by atoms with Gasteiger partial charge in [-0.05, 0) is 55.3 Å². The third-order valence-corrected chi connectivity index (χ3v) is 7.48. The fourth-order valence-corrected chi connectivity index (χ4v) is 5.49. The van der Waals surface area contributed by atoms with Gasteiger partial charge in [-0.15, -0.1) is 0 Å². The van der Waals surface area contributed by atoms with E-state index in [2.05, 4.69) is 15.5 Å². The van der Waals surface area contributed by atoms with E-state index in [9.17, 15) is 13.2 Å². The highest BCUT2D eigenvalue weighted by Crippen LogP contribution is 2.30. The lowest BCUT2D eigenvalue weighted by atomic mass is 10.2. The summed E-state index contributed by atoms with van der Waals surface area (Å²) >= 11 is 0. The summed E-state index contributed by atoms with van der Waals surface area (Å²) in [5.74, 6) is 1.12. The van der Waals surface area contributed by atoms with Crippen molar-refractivity contribution in [1.82, 2.24) is 10.1 Å². The highest BCUT2D eigenvalue weighted by Gasteiger charge is 2.30. The van der Waals surface area contributed by atoms with E-state index < -0.39 is 9.84 Å². The number of rotatable bonds is 7. The number of sulfone groups is 1. The molecule has 1 N–H and O–H groups in total. The highest BCUT2D eigenvalue weighted by atomic mass is 32.2. The predicted molar refractivity (Wildman–Crippen MR) is 114 cm³/mol. The minimum absolute atomic E-state index is 0.158. The van der Waals surface area contributed by atoms with Crippen LogP contribution in [0.25, 0.3) is 0 Å². The van der Waals surface area contributed by atoms with Gasteiger partial charge in [0, 0.05) is 18.2 Å². The maximum absolute atomic E-state index is 12.8. The van der Waals surface area contributed by atoms with Crippen LogP contribution in [0.1, 0.15) is 47.8 Å². The Hall–Kier alpha value is -3.20. The molecule has 31 heavy (non-hydrogen) atoms. The van der Waals surface area contributed by atoms with Crippen LogP contribution < -0.4 is 10.1 Å². The normalized spacial score (nSPS) is 14.5. The van der Waals surface area contributed by atoms with Crippen molar-refractivity contribution in [2.24, 2.45) is 0 Å². The molecule has 162 valence electrons. The van der Waals surface area contributed by atoms with Gasteiger partial charge >= 0.3 is 0 Å². The van der Waals surface area contributed by atoms with Crippen LogP contribution in [0.5, 0.6) is 5.75 Å². The molecule has 0 saturated heterocycles. The van der Waals surface area contributed by atoms with Crippen LogP contribution in [-0.4, -0.2) is 29.7 Å². The molecule has 1 aliphatic rings. The van der Waals surface area contributed by atoms with Gasteiger partial charge in [0.2, 0.25) is 11.7 Å². The molecule has 1 fully saturated rings. The van der Waals surface area contributed by atoms with Crippen LogP contribution in [0.4, 0.5) is 5.69 Å². The number of hydrogen-bond donors (Lipinski definition) is 1. The van der Waals surface area contributed by atoms with E-state index in [0.717, 1.165) is 12.8 Å². The number of carbonyl (C=O) groups is 1. The zero-order valence-electron chi connectivity index (χ0n) is 17.1. The topological polar surface area (TPSA) is 111 Å². The van der Waals surface area contributed by atoms with Crippen molar-refractivity contribution in [3.63, 3.8) is 0 Å². The van der Waals surface area contributed by atoms with Crippen molar-refractivity contribution in [2.45, 2.75) is 49.4 Å². The van der Waals surface area contributed by atoms with Gasteiger partial charge in [-0.1, -0.05) is 24.1 Å². The predicted octanol–water partition coefficient (Wildman–Crippen LogP) is 3.93. The van der Waals surface area contributed by atoms with Crippen molar-refractivity contribution in [2.75, 3.05) is 5.32 Å². The Kier molecular flexibility index (Phi) is 6.03. The summed E-state index contributed by atoms with van der Waals surface area (Å²) < 4.78 is 36.1. The molecular weight excluding hydrogens is 418 g/mol. The van der Waals surface area contributed by atoms with Gasteiger partial charge in [-0.25, -0.2) is 8.42 Å². The molecule has 0 bridgehead atoms. The number of benzene rings is 2. The average molecular weight is 442 g/mol. The first-order valence-corrected chi connectivity index (χ1v) is 11.6. The van der Waals surface area contributed by atoms with Crippen molar-refractivity contribution < 1.29 is 22.5 Å². The van der Waals surface area contributed by atoms with Gasteiger partial charge in [0.1, 0.15) is 5.75 Å². The number of aryl methyl sites for hydroxylation is 1. The molecule has 0 aliphatic heterocycles. The van der Waals surface area contributed by atoms with Gasteiger partial charge < -0.3 is 14.6 Å². The number of carbonyl (C=O) groups excluding carboxylic acids is 1. The second-order valence-corrected chi connectivity index (χ2v) is 9.70. The van der Waals surface area contributed by atoms with E-state index in [4.69, 9.17) is 9.26 Å². The van der Waals surface area contributed by atoms with Crippen LogP contribution in [-0.2, 0) is 16.4 Å². The number of amides is 1. The van der Waals surface area contributed by atoms with Crippen LogP contribution in [0.3, 0.4) is 0 Å². The van der Waals surface area contributed by atoms with E-state index in [-0.39, 0.29) is 22.7 Å². The zero-order chi connectivity index (χ0) is 21.8. The van der Waals surface area contributed by atoms with E-state index in [1.807, 2.05) is 0 Å². The molecule has 2 aromatic carbocycles. The first-order valence-electron chi connectivity index (χ1n) is 10.1. The van der Waals surface area contributed by atoms with E-state index in [1.165, 1.54) is 6.07 Å². The second kappa shape index (κ2) is 8.89. The number of nitrogens with one attached hydrogen (secondary N) is 1. The first kappa shape index (κ1) is 21.0. The van der Waals surface area contributed by atoms with Crippen molar-refractivity contribution in [3.8, 4) is 5.75 Å². The molecule has 1 amide bonds. The smallest absolute Gasteiger partial charge is 0.255 e. The van der Waals surface area contributed by atoms with E-state index in [1.54, 1.807) is 49.4 Å². The number of hydrogen-bond acceptors (Lipinski definition) is 7. The van der Waals surface area contributed by atoms with Gasteiger partial charge in [-0.2, -0.15) is 4.98 Å². The lowest BCUT2D eigenvalue weighted by Crippen LogP contribution is -2.18. The zero-order valence-corrected chi connectivity index (χ0v) is 17.9. The lowest BCUT2D eigenvalue weighted by Gasteiger charge is -2.13. The molecule has 1 aliphatic carbocycles. The molecule has 1 saturated carbocycles. The molecule has 1 heterocycles. The van der Waals surface area contributed by atoms with Gasteiger partial charge in [0.05, 0.1) is 10.1 Å². The number of nitrogens with zero attached hydrogens (tertiary/aromatic N) is 2. The Morgan fingerprint density at radius 1 is 1.16 bits per heavy atom. The lowest BCUT2D eigenvalue weighted by molar-refractivity contribution is 0.102. The Balaban J connectivity index is 1.40. The van der Waals surface area contributed by atoms with Gasteiger partial charge in [0.25, 0.3) is 5.91 Å². The third kappa shape index (κ3) is 4.93. The van der Waals surface area contributed by atoms with E-state index >= 15 is 0 Å². The summed E-state index contributed by atoms with van der Waals surface area (Å²) in [5, 5.41) is 6.19. The Labute approximate surface area is 180 Å². The number of anilines is 1. The largest absolute Gasteiger partial charge is 0.485 e. The monoisotopic (exact) mass is 441 g/mol. The summed E-state index contributed by atoms with van der Waals surface area (Å²) in [4.78, 5) is 16.9. The molecule has 0 spiro atoms. The van der Waals surface area contributed by atoms with Gasteiger partial charge in [-0.3, -0.25) is 4.79 Å². The second-order valence-electron chi connectivity index (χ2n) is 7.48. The first-order chi connectivity index (χ1) is 14.9. The Morgan fingerprint density at radius 3 is 2.58 bits per heavy atom. The maximum atomic E-state index is 12.8. The molecule has 0 unspecified atom stereocenters. The number of aromatic nitrogens is 2. The molecule has 3 aromatic rings. The minimum Gasteiger partial charge on any atom is -0.485 e. The molecule has 9 heteroatoms. The average Bonchev–Trinajstić information content (AvgIpc) is 3.45. The fraction of sp³-hybridized carbons (Fsp3) is 0.318. The van der Waals surface area contributed by atoms with Crippen LogP contribution in [0.15, 0.2) is 57.9 Å². The Morgan fingerprint density at radius 2 is 1.90 bits per heavy atom. The molecular formula is C22H23N3O5S. The summed E-state index contributed by atoms with van der Waals surface area (Å²) in [6, 6.07) is 13.0. The van der Waals surface area contributed by atoms with Gasteiger partial charge in [0.15, 0.2) is 16.4 Å². The fourth-order valence-electron chi connectivity index (χ4n) is 3.60. The maximum Gasteiger partial charge on any atom is 0.255 e. The molecule has 0 radical (unpaired) electrons. The molecule has 0 atom stereocenters. The van der Waals surface area contributed by atoms with Crippen molar-refractivity contribution in [3.05, 3.63) is 65.8 Å². The number of ether oxygens (including phenoxy) is 1. The van der Waals surface area contributed by atoms with Crippen LogP contribution in [0, 0.1) is 6.92 Å². The quantitative estimate of drug-likeness (QED) is 0.591. The molecule has 4 rings (SSSR count). The minimum atomic E-state index is -3.38. The SMILES string of the molecule is Cc1nc(COc2ccc(C(=O)Nc3cccc(S(=O)(=O)C4CCCC4)c3)cc2)no1. The molecule has 8 nitrogen and oxygen atoms in total. The molecule has 1 aromatic heterocycles. The summed E-state index contributed by atoms with van der Waals surface area (Å²) in [6.07, 6.45) is 3.27. The third-order valence-electron chi connectivity index (χ3n) is 5.22. The van der Waals surface area contributed by atoms with Crippen LogP contribution >= 0.6 is 0 Å². The van der Waals surface area contributed by atoms with Crippen LogP contribution in [0.2, 0.25) is 0 Å². The summed E-state index contributed by atoms with van der Waals surface area (Å²) in [6.45, 7) is 1.86. The standard InChI is InChI=1S/C22H23N3O5S/c1-15-23-21(25-30-15)14-29-18-11-9-16(10-12-18)22(26)24-17-5-4-8-20(13-17)31(27,28)19-6-2-3-7-19/h4-5,8-13,19H,2-3,6-7,14H2,1H3,(H,24,26).